The number of thioether (sulfide) groups is 1. The van der Waals surface area contributed by atoms with Crippen LogP contribution < -0.4 is 0 Å². The van der Waals surface area contributed by atoms with Gasteiger partial charge < -0.3 is 0 Å². The third kappa shape index (κ3) is 4.15. The van der Waals surface area contributed by atoms with Gasteiger partial charge in [-0.15, -0.1) is 11.8 Å². The van der Waals surface area contributed by atoms with Crippen LogP contribution in [0.15, 0.2) is 47.4 Å². The molecular weight excluding hydrogens is 323 g/mol. The van der Waals surface area contributed by atoms with Gasteiger partial charge in [0.1, 0.15) is 0 Å². The number of carbonyl (C=O) groups excluding carboxylic acids is 1. The van der Waals surface area contributed by atoms with Gasteiger partial charge in [-0.05, 0) is 30.3 Å². The van der Waals surface area contributed by atoms with Crippen LogP contribution in [0.3, 0.4) is 0 Å². The van der Waals surface area contributed by atoms with Crippen LogP contribution in [0.1, 0.15) is 10.4 Å². The van der Waals surface area contributed by atoms with Crippen molar-refractivity contribution in [3.63, 3.8) is 0 Å². The molecule has 5 heteroatoms. The van der Waals surface area contributed by atoms with Crippen molar-refractivity contribution in [3.05, 3.63) is 63.1 Å². The summed E-state index contributed by atoms with van der Waals surface area (Å²) in [6.07, 6.45) is 0. The molecule has 0 heterocycles. The molecule has 1 nitrogen and oxygen atoms in total. The highest BCUT2D eigenvalue weighted by Crippen LogP contribution is 2.28. The minimum Gasteiger partial charge on any atom is -0.293 e. The summed E-state index contributed by atoms with van der Waals surface area (Å²) in [7, 11) is 0. The van der Waals surface area contributed by atoms with Crippen LogP contribution in [0.25, 0.3) is 0 Å². The Morgan fingerprint density at radius 3 is 2.47 bits per heavy atom. The van der Waals surface area contributed by atoms with Crippen molar-refractivity contribution in [2.75, 3.05) is 5.75 Å². The maximum absolute atomic E-state index is 12.0. The molecule has 2 rings (SSSR count). The van der Waals surface area contributed by atoms with Gasteiger partial charge >= 0.3 is 0 Å². The molecule has 2 aromatic carbocycles. The number of ketones is 1. The number of carbonyl (C=O) groups is 1. The third-order valence-corrected chi connectivity index (χ3v) is 4.38. The summed E-state index contributed by atoms with van der Waals surface area (Å²) >= 11 is 19.0. The molecule has 2 aromatic rings. The van der Waals surface area contributed by atoms with Crippen LogP contribution in [0, 0.1) is 0 Å². The second-order valence-corrected chi connectivity index (χ2v) is 6.10. The lowest BCUT2D eigenvalue weighted by atomic mass is 10.1. The van der Waals surface area contributed by atoms with E-state index in [1.165, 1.54) is 11.8 Å². The Kier molecular flexibility index (Phi) is 5.17. The summed E-state index contributed by atoms with van der Waals surface area (Å²) in [5, 5.41) is 1.56. The predicted molar refractivity (Wildman–Crippen MR) is 83.0 cm³/mol. The van der Waals surface area contributed by atoms with E-state index in [0.717, 1.165) is 4.90 Å². The fourth-order valence-corrected chi connectivity index (χ4v) is 2.84. The first kappa shape index (κ1) is 14.7. The summed E-state index contributed by atoms with van der Waals surface area (Å²) in [4.78, 5) is 12.9. The number of benzene rings is 2. The van der Waals surface area contributed by atoms with Crippen LogP contribution in [0.4, 0.5) is 0 Å². The average molecular weight is 332 g/mol. The largest absolute Gasteiger partial charge is 0.293 e. The van der Waals surface area contributed by atoms with Crippen molar-refractivity contribution in [3.8, 4) is 0 Å². The lowest BCUT2D eigenvalue weighted by Gasteiger charge is -2.03. The molecule has 0 aliphatic heterocycles. The Morgan fingerprint density at radius 1 is 1.00 bits per heavy atom. The van der Waals surface area contributed by atoms with Gasteiger partial charge in [0.2, 0.25) is 0 Å². The molecule has 19 heavy (non-hydrogen) atoms. The molecule has 0 aliphatic carbocycles. The van der Waals surface area contributed by atoms with Gasteiger partial charge in [0, 0.05) is 15.5 Å². The van der Waals surface area contributed by atoms with E-state index in [1.807, 2.05) is 6.07 Å². The topological polar surface area (TPSA) is 17.1 Å². The molecule has 0 saturated carbocycles. The zero-order chi connectivity index (χ0) is 13.8. The van der Waals surface area contributed by atoms with E-state index in [0.29, 0.717) is 26.4 Å². The van der Waals surface area contributed by atoms with Crippen molar-refractivity contribution in [2.24, 2.45) is 0 Å². The Morgan fingerprint density at radius 2 is 1.79 bits per heavy atom. The zero-order valence-corrected chi connectivity index (χ0v) is 12.8. The second-order valence-electron chi connectivity index (χ2n) is 3.80. The molecule has 0 fully saturated rings. The maximum Gasteiger partial charge on any atom is 0.173 e. The molecule has 0 saturated heterocycles. The van der Waals surface area contributed by atoms with Crippen molar-refractivity contribution < 1.29 is 4.79 Å². The summed E-state index contributed by atoms with van der Waals surface area (Å²) in [5.41, 5.74) is 0.611. The predicted octanol–water partition coefficient (Wildman–Crippen LogP) is 5.62. The SMILES string of the molecule is O=C(CSc1ccc(Cl)c(Cl)c1)c1cccc(Cl)c1. The van der Waals surface area contributed by atoms with E-state index in [4.69, 9.17) is 34.8 Å². The van der Waals surface area contributed by atoms with Crippen molar-refractivity contribution in [1.29, 1.82) is 0 Å². The van der Waals surface area contributed by atoms with Gasteiger partial charge in [0.25, 0.3) is 0 Å². The lowest BCUT2D eigenvalue weighted by molar-refractivity contribution is 0.102. The molecule has 0 bridgehead atoms. The monoisotopic (exact) mass is 330 g/mol. The normalized spacial score (nSPS) is 10.5. The molecule has 0 amide bonds. The molecule has 0 aliphatic rings. The highest BCUT2D eigenvalue weighted by molar-refractivity contribution is 8.00. The van der Waals surface area contributed by atoms with Gasteiger partial charge in [-0.3, -0.25) is 4.79 Å². The number of rotatable bonds is 4. The summed E-state index contributed by atoms with van der Waals surface area (Å²) < 4.78 is 0. The Balaban J connectivity index is 2.02. The van der Waals surface area contributed by atoms with E-state index < -0.39 is 0 Å². The minimum atomic E-state index is 0.0265. The summed E-state index contributed by atoms with van der Waals surface area (Å²) in [6.45, 7) is 0. The standard InChI is InChI=1S/C14H9Cl3OS/c15-10-3-1-2-9(6-10)14(18)8-19-11-4-5-12(16)13(17)7-11/h1-7H,8H2. The smallest absolute Gasteiger partial charge is 0.173 e. The molecule has 0 atom stereocenters. The van der Waals surface area contributed by atoms with Gasteiger partial charge in [0.15, 0.2) is 5.78 Å². The quantitative estimate of drug-likeness (QED) is 0.534. The number of Topliss-reactive ketones (excluding diaryl/α,β-unsaturated/α-hetero) is 1. The van der Waals surface area contributed by atoms with E-state index in [2.05, 4.69) is 0 Å². The fraction of sp³-hybridized carbons (Fsp3) is 0.0714. The Labute approximate surface area is 130 Å². The molecule has 0 unspecified atom stereocenters. The second kappa shape index (κ2) is 6.67. The van der Waals surface area contributed by atoms with E-state index in [9.17, 15) is 4.79 Å². The van der Waals surface area contributed by atoms with Crippen molar-refractivity contribution >= 4 is 52.3 Å². The first-order valence-corrected chi connectivity index (χ1v) is 7.55. The molecule has 0 spiro atoms. The Hall–Kier alpha value is -0.670. The molecular formula is C14H9Cl3OS. The number of hydrogen-bond acceptors (Lipinski definition) is 2. The first-order valence-electron chi connectivity index (χ1n) is 5.43. The Bertz CT molecular complexity index is 613. The van der Waals surface area contributed by atoms with Gasteiger partial charge in [-0.25, -0.2) is 0 Å². The van der Waals surface area contributed by atoms with Gasteiger partial charge in [0.05, 0.1) is 15.8 Å². The highest BCUT2D eigenvalue weighted by atomic mass is 35.5. The van der Waals surface area contributed by atoms with Crippen LogP contribution in [0.5, 0.6) is 0 Å². The average Bonchev–Trinajstić information content (AvgIpc) is 2.40. The van der Waals surface area contributed by atoms with E-state index >= 15 is 0 Å². The third-order valence-electron chi connectivity index (χ3n) is 2.41. The highest BCUT2D eigenvalue weighted by Gasteiger charge is 2.08. The summed E-state index contributed by atoms with van der Waals surface area (Å²) in [6, 6.07) is 12.2. The van der Waals surface area contributed by atoms with E-state index in [1.54, 1.807) is 36.4 Å². The number of hydrogen-bond donors (Lipinski definition) is 0. The molecule has 0 radical (unpaired) electrons. The van der Waals surface area contributed by atoms with Crippen LogP contribution in [-0.4, -0.2) is 11.5 Å². The first-order chi connectivity index (χ1) is 9.06. The molecule has 0 aromatic heterocycles. The lowest BCUT2D eigenvalue weighted by Crippen LogP contribution is -2.01. The minimum absolute atomic E-state index is 0.0265. The van der Waals surface area contributed by atoms with Crippen LogP contribution in [0.2, 0.25) is 15.1 Å². The zero-order valence-electron chi connectivity index (χ0n) is 9.70. The van der Waals surface area contributed by atoms with Gasteiger partial charge in [-0.1, -0.05) is 46.9 Å². The van der Waals surface area contributed by atoms with Crippen LogP contribution >= 0.6 is 46.6 Å². The van der Waals surface area contributed by atoms with Gasteiger partial charge in [-0.2, -0.15) is 0 Å². The molecule has 98 valence electrons. The fourth-order valence-electron chi connectivity index (χ4n) is 1.46. The van der Waals surface area contributed by atoms with Crippen molar-refractivity contribution in [1.82, 2.24) is 0 Å². The summed E-state index contributed by atoms with van der Waals surface area (Å²) in [5.74, 6) is 0.358. The number of halogens is 3. The van der Waals surface area contributed by atoms with Crippen LogP contribution in [-0.2, 0) is 0 Å². The van der Waals surface area contributed by atoms with Crippen molar-refractivity contribution in [2.45, 2.75) is 4.90 Å². The van der Waals surface area contributed by atoms with E-state index in [-0.39, 0.29) is 5.78 Å². The molecule has 0 N–H and O–H groups in total. The maximum atomic E-state index is 12.0.